The summed E-state index contributed by atoms with van der Waals surface area (Å²) in [5.74, 6) is -0.110. The van der Waals surface area contributed by atoms with Crippen molar-refractivity contribution >= 4 is 11.7 Å². The molecule has 2 aliphatic rings. The lowest BCUT2D eigenvalue weighted by Gasteiger charge is -2.32. The number of benzene rings is 1. The molecule has 1 aromatic heterocycles. The highest BCUT2D eigenvalue weighted by molar-refractivity contribution is 6.00. The van der Waals surface area contributed by atoms with Crippen molar-refractivity contribution in [2.75, 3.05) is 0 Å². The summed E-state index contributed by atoms with van der Waals surface area (Å²) in [7, 11) is 0. The van der Waals surface area contributed by atoms with Crippen molar-refractivity contribution in [2.45, 2.75) is 31.4 Å². The summed E-state index contributed by atoms with van der Waals surface area (Å²) in [5.41, 5.74) is 0.254. The fourth-order valence-electron chi connectivity index (χ4n) is 3.67. The Bertz CT molecular complexity index is 1020. The maximum Gasteiger partial charge on any atom is 0.416 e. The van der Waals surface area contributed by atoms with Gasteiger partial charge in [-0.05, 0) is 36.2 Å². The number of rotatable bonds is 2. The highest BCUT2D eigenvalue weighted by atomic mass is 19.4. The quantitative estimate of drug-likeness (QED) is 0.731. The van der Waals surface area contributed by atoms with Gasteiger partial charge in [0.25, 0.3) is 0 Å². The van der Waals surface area contributed by atoms with Crippen molar-refractivity contribution in [2.24, 2.45) is 0 Å². The first kappa shape index (κ1) is 18.1. The van der Waals surface area contributed by atoms with Crippen LogP contribution in [0.5, 0.6) is 0 Å². The molecule has 0 radical (unpaired) electrons. The van der Waals surface area contributed by atoms with Crippen LogP contribution in [0.25, 0.3) is 5.88 Å². The van der Waals surface area contributed by atoms with Gasteiger partial charge in [-0.1, -0.05) is 12.1 Å². The predicted molar refractivity (Wildman–Crippen MR) is 94.4 cm³/mol. The molecule has 0 N–H and O–H groups in total. The minimum Gasteiger partial charge on any atom is -0.443 e. The first-order valence-corrected chi connectivity index (χ1v) is 8.79. The Labute approximate surface area is 159 Å². The number of halogens is 3. The molecule has 0 fully saturated rings. The summed E-state index contributed by atoms with van der Waals surface area (Å²) < 4.78 is 46.4. The Balaban J connectivity index is 1.89. The number of aromatic nitrogens is 1. The SMILES string of the molecule is N#CC1=C(n2cccc2)OC2=C(C(=O)CCC2)[C@H]1c1ccc(C(F)(F)F)cc1. The van der Waals surface area contributed by atoms with Gasteiger partial charge in [-0.2, -0.15) is 18.4 Å². The van der Waals surface area contributed by atoms with Gasteiger partial charge < -0.3 is 4.74 Å². The van der Waals surface area contributed by atoms with E-state index >= 15 is 0 Å². The van der Waals surface area contributed by atoms with E-state index < -0.39 is 17.7 Å². The first-order valence-electron chi connectivity index (χ1n) is 8.79. The van der Waals surface area contributed by atoms with Gasteiger partial charge in [0.2, 0.25) is 5.88 Å². The van der Waals surface area contributed by atoms with E-state index in [-0.39, 0.29) is 17.2 Å². The summed E-state index contributed by atoms with van der Waals surface area (Å²) in [6, 6.07) is 10.3. The maximum atomic E-state index is 12.9. The molecule has 0 saturated carbocycles. The lowest BCUT2D eigenvalue weighted by atomic mass is 9.77. The summed E-state index contributed by atoms with van der Waals surface area (Å²) in [4.78, 5) is 12.6. The van der Waals surface area contributed by atoms with Crippen molar-refractivity contribution < 1.29 is 22.7 Å². The van der Waals surface area contributed by atoms with E-state index in [0.29, 0.717) is 36.2 Å². The van der Waals surface area contributed by atoms with Crippen LogP contribution in [-0.2, 0) is 15.7 Å². The Morgan fingerprint density at radius 2 is 1.79 bits per heavy atom. The molecule has 0 saturated heterocycles. The van der Waals surface area contributed by atoms with Crippen molar-refractivity contribution in [1.29, 1.82) is 5.26 Å². The van der Waals surface area contributed by atoms with E-state index in [1.165, 1.54) is 12.1 Å². The molecule has 4 rings (SSSR count). The van der Waals surface area contributed by atoms with Crippen molar-refractivity contribution in [3.8, 4) is 6.07 Å². The van der Waals surface area contributed by atoms with Crippen LogP contribution in [0.15, 0.2) is 65.7 Å². The number of Topliss-reactive ketones (excluding diaryl/α,β-unsaturated/α-hetero) is 1. The molecule has 0 amide bonds. The van der Waals surface area contributed by atoms with E-state index in [4.69, 9.17) is 4.74 Å². The minimum absolute atomic E-state index is 0.134. The minimum atomic E-state index is -4.45. The normalized spacial score (nSPS) is 19.9. The van der Waals surface area contributed by atoms with Gasteiger partial charge in [0, 0.05) is 30.8 Å². The molecule has 142 valence electrons. The first-order chi connectivity index (χ1) is 13.4. The molecule has 0 unspecified atom stereocenters. The molecule has 28 heavy (non-hydrogen) atoms. The number of nitriles is 1. The molecule has 1 aliphatic carbocycles. The van der Waals surface area contributed by atoms with Crippen LogP contribution < -0.4 is 0 Å². The number of alkyl halides is 3. The van der Waals surface area contributed by atoms with E-state index in [2.05, 4.69) is 6.07 Å². The van der Waals surface area contributed by atoms with E-state index in [1.807, 2.05) is 0 Å². The molecule has 2 heterocycles. The highest BCUT2D eigenvalue weighted by Gasteiger charge is 2.39. The average molecular weight is 384 g/mol. The molecule has 0 bridgehead atoms. The fraction of sp³-hybridized carbons (Fsp3) is 0.238. The number of carbonyl (C=O) groups is 1. The zero-order valence-electron chi connectivity index (χ0n) is 14.7. The van der Waals surface area contributed by atoms with E-state index in [9.17, 15) is 23.2 Å². The number of allylic oxidation sites excluding steroid dienone is 3. The van der Waals surface area contributed by atoms with Crippen LogP contribution in [0.3, 0.4) is 0 Å². The fourth-order valence-corrected chi connectivity index (χ4v) is 3.67. The highest BCUT2D eigenvalue weighted by Crippen LogP contribution is 2.45. The second-order valence-corrected chi connectivity index (χ2v) is 6.69. The van der Waals surface area contributed by atoms with Crippen molar-refractivity contribution in [3.05, 3.63) is 76.8 Å². The average Bonchev–Trinajstić information content (AvgIpc) is 3.21. The molecule has 1 aromatic carbocycles. The van der Waals surface area contributed by atoms with Gasteiger partial charge >= 0.3 is 6.18 Å². The Morgan fingerprint density at radius 3 is 2.39 bits per heavy atom. The third-order valence-electron chi connectivity index (χ3n) is 4.97. The van der Waals surface area contributed by atoms with Crippen LogP contribution in [0.4, 0.5) is 13.2 Å². The predicted octanol–water partition coefficient (Wildman–Crippen LogP) is 5.02. The number of ether oxygens (including phenoxy) is 1. The van der Waals surface area contributed by atoms with Crippen molar-refractivity contribution in [3.63, 3.8) is 0 Å². The van der Waals surface area contributed by atoms with Gasteiger partial charge in [0.1, 0.15) is 17.4 Å². The van der Waals surface area contributed by atoms with E-state index in [1.54, 1.807) is 29.1 Å². The summed E-state index contributed by atoms with van der Waals surface area (Å²) in [6.45, 7) is 0. The smallest absolute Gasteiger partial charge is 0.416 e. The van der Waals surface area contributed by atoms with Crippen LogP contribution in [0, 0.1) is 11.3 Å². The molecule has 0 spiro atoms. The molecular formula is C21H15F3N2O2. The standard InChI is InChI=1S/C21H15F3N2O2/c22-21(23,24)14-8-6-13(7-9-14)18-15(12-25)20(26-10-1-2-11-26)28-17-5-3-4-16(27)19(17)18/h1-2,6-11,18H,3-5H2/t18-/m0/s1. The molecule has 1 atom stereocenters. The third kappa shape index (κ3) is 3.01. The zero-order valence-corrected chi connectivity index (χ0v) is 14.7. The molecular weight excluding hydrogens is 369 g/mol. The van der Waals surface area contributed by atoms with E-state index in [0.717, 1.165) is 12.1 Å². The summed E-state index contributed by atoms with van der Waals surface area (Å²) in [5, 5.41) is 9.84. The van der Waals surface area contributed by atoms with Crippen molar-refractivity contribution in [1.82, 2.24) is 4.57 Å². The topological polar surface area (TPSA) is 55.0 Å². The monoisotopic (exact) mass is 384 g/mol. The van der Waals surface area contributed by atoms with Gasteiger partial charge in [-0.25, -0.2) is 0 Å². The lowest BCUT2D eigenvalue weighted by molar-refractivity contribution is -0.137. The Kier molecular flexibility index (Phi) is 4.34. The van der Waals surface area contributed by atoms with Gasteiger partial charge in [0.05, 0.1) is 11.5 Å². The lowest BCUT2D eigenvalue weighted by Crippen LogP contribution is -2.26. The third-order valence-corrected chi connectivity index (χ3v) is 4.97. The Hall–Kier alpha value is -3.27. The van der Waals surface area contributed by atoms with Crippen LogP contribution in [-0.4, -0.2) is 10.4 Å². The summed E-state index contributed by atoms with van der Waals surface area (Å²) >= 11 is 0. The Morgan fingerprint density at radius 1 is 1.11 bits per heavy atom. The van der Waals surface area contributed by atoms with Gasteiger partial charge in [0.15, 0.2) is 5.78 Å². The molecule has 2 aromatic rings. The maximum absolute atomic E-state index is 12.9. The number of hydrogen-bond donors (Lipinski definition) is 0. The van der Waals surface area contributed by atoms with Gasteiger partial charge in [-0.3, -0.25) is 9.36 Å². The second-order valence-electron chi connectivity index (χ2n) is 6.69. The molecule has 4 nitrogen and oxygen atoms in total. The zero-order chi connectivity index (χ0) is 19.9. The molecule has 1 aliphatic heterocycles. The van der Waals surface area contributed by atoms with Crippen LogP contribution in [0.1, 0.15) is 36.3 Å². The number of hydrogen-bond acceptors (Lipinski definition) is 3. The van der Waals surface area contributed by atoms with Gasteiger partial charge in [-0.15, -0.1) is 0 Å². The largest absolute Gasteiger partial charge is 0.443 e. The number of nitrogens with zero attached hydrogens (tertiary/aromatic N) is 2. The second kappa shape index (κ2) is 6.71. The van der Waals surface area contributed by atoms with Crippen LogP contribution >= 0.6 is 0 Å². The molecule has 7 heteroatoms. The number of ketones is 1. The van der Waals surface area contributed by atoms with Crippen LogP contribution in [0.2, 0.25) is 0 Å². The summed E-state index contributed by atoms with van der Waals surface area (Å²) in [6.07, 6.45) is 0.486. The number of carbonyl (C=O) groups excluding carboxylic acids is 1.